The van der Waals surface area contributed by atoms with E-state index in [0.29, 0.717) is 35.3 Å². The summed E-state index contributed by atoms with van der Waals surface area (Å²) in [6.07, 6.45) is 1.68. The highest BCUT2D eigenvalue weighted by atomic mass is 16.5. The van der Waals surface area contributed by atoms with Crippen molar-refractivity contribution >= 4 is 45.8 Å². The average molecular weight is 432 g/mol. The molecular formula is C23H25N7O2. The van der Waals surface area contributed by atoms with Crippen molar-refractivity contribution in [1.29, 1.82) is 0 Å². The van der Waals surface area contributed by atoms with E-state index in [1.807, 2.05) is 67.5 Å². The molecule has 9 heteroatoms. The first-order valence-corrected chi connectivity index (χ1v) is 10.1. The minimum Gasteiger partial charge on any atom is -0.383 e. The first-order valence-electron chi connectivity index (χ1n) is 10.1. The molecule has 0 bridgehead atoms. The zero-order chi connectivity index (χ0) is 22.7. The lowest BCUT2D eigenvalue weighted by Gasteiger charge is -2.11. The summed E-state index contributed by atoms with van der Waals surface area (Å²) in [6.45, 7) is 0.740. The summed E-state index contributed by atoms with van der Waals surface area (Å²) in [4.78, 5) is 24.3. The molecule has 0 fully saturated rings. The molecule has 0 saturated carbocycles. The van der Waals surface area contributed by atoms with Crippen LogP contribution in [0.15, 0.2) is 53.6 Å². The van der Waals surface area contributed by atoms with Crippen LogP contribution in [0.5, 0.6) is 0 Å². The smallest absolute Gasteiger partial charge is 0.257 e. The van der Waals surface area contributed by atoms with Crippen molar-refractivity contribution in [3.05, 3.63) is 59.7 Å². The summed E-state index contributed by atoms with van der Waals surface area (Å²) in [5.74, 6) is -0.176. The highest BCUT2D eigenvalue weighted by Gasteiger charge is 2.23. The number of methoxy groups -OCH3 is 1. The molecule has 164 valence electrons. The third-order valence-corrected chi connectivity index (χ3v) is 5.02. The second kappa shape index (κ2) is 9.03. The van der Waals surface area contributed by atoms with Gasteiger partial charge in [-0.1, -0.05) is 24.3 Å². The number of nitrogens with two attached hydrogens (primary N) is 1. The van der Waals surface area contributed by atoms with E-state index in [4.69, 9.17) is 10.5 Å². The number of carbonyl (C=O) groups excluding carboxylic acids is 1. The number of anilines is 2. The van der Waals surface area contributed by atoms with Crippen molar-refractivity contribution in [3.8, 4) is 0 Å². The van der Waals surface area contributed by atoms with Gasteiger partial charge in [0.15, 0.2) is 5.65 Å². The fraction of sp³-hybridized carbons (Fsp3) is 0.217. The fourth-order valence-electron chi connectivity index (χ4n) is 3.33. The minimum absolute atomic E-state index is 0.173. The molecule has 3 N–H and O–H groups in total. The Kier molecular flexibility index (Phi) is 6.00. The summed E-state index contributed by atoms with van der Waals surface area (Å²) in [5, 5.41) is 7.33. The van der Waals surface area contributed by atoms with Crippen molar-refractivity contribution in [2.75, 3.05) is 45.0 Å². The molecule has 0 atom stereocenters. The third kappa shape index (κ3) is 4.10. The molecule has 32 heavy (non-hydrogen) atoms. The van der Waals surface area contributed by atoms with E-state index < -0.39 is 0 Å². The highest BCUT2D eigenvalue weighted by Crippen LogP contribution is 2.27. The van der Waals surface area contributed by atoms with Gasteiger partial charge in [0.2, 0.25) is 0 Å². The number of benzene rings is 2. The molecule has 9 nitrogen and oxygen atoms in total. The predicted molar refractivity (Wildman–Crippen MR) is 127 cm³/mol. The highest BCUT2D eigenvalue weighted by molar-refractivity contribution is 6.10. The molecule has 4 aromatic rings. The van der Waals surface area contributed by atoms with Crippen LogP contribution >= 0.6 is 0 Å². The summed E-state index contributed by atoms with van der Waals surface area (Å²) in [7, 11) is 5.54. The van der Waals surface area contributed by atoms with Gasteiger partial charge in [-0.2, -0.15) is 9.78 Å². The molecule has 0 aliphatic carbocycles. The number of aromatic nitrogens is 3. The standard InChI is InChI=1S/C23H25N7O2/c1-29(2)16-10-8-15(9-11-16)14-26-30-21(24)19(23(31)25-12-13-32-3)20-22(30)28-18-7-5-4-6-17(18)27-20/h4-11,14H,12-13,24H2,1-3H3,(H,25,31). The number of rotatable bonds is 7. The van der Waals surface area contributed by atoms with Gasteiger partial charge in [0.25, 0.3) is 5.91 Å². The molecule has 4 rings (SSSR count). The van der Waals surface area contributed by atoms with Gasteiger partial charge in [-0.05, 0) is 29.8 Å². The first kappa shape index (κ1) is 21.3. The van der Waals surface area contributed by atoms with E-state index in [9.17, 15) is 4.79 Å². The van der Waals surface area contributed by atoms with Crippen LogP contribution in [0.4, 0.5) is 11.5 Å². The number of hydrogen-bond donors (Lipinski definition) is 2. The van der Waals surface area contributed by atoms with Crippen molar-refractivity contribution in [1.82, 2.24) is 20.0 Å². The average Bonchev–Trinajstić information content (AvgIpc) is 3.06. The number of nitrogen functional groups attached to an aromatic ring is 1. The summed E-state index contributed by atoms with van der Waals surface area (Å²) < 4.78 is 6.47. The number of ether oxygens (including phenoxy) is 1. The largest absolute Gasteiger partial charge is 0.383 e. The molecule has 2 aromatic carbocycles. The van der Waals surface area contributed by atoms with Gasteiger partial charge >= 0.3 is 0 Å². The Balaban J connectivity index is 1.80. The maximum absolute atomic E-state index is 12.9. The number of hydrogen-bond acceptors (Lipinski definition) is 7. The molecule has 1 amide bonds. The lowest BCUT2D eigenvalue weighted by Crippen LogP contribution is -2.27. The van der Waals surface area contributed by atoms with E-state index in [1.165, 1.54) is 4.68 Å². The van der Waals surface area contributed by atoms with E-state index in [2.05, 4.69) is 20.4 Å². The number of fused-ring (bicyclic) bond motifs is 2. The number of carbonyl (C=O) groups is 1. The van der Waals surface area contributed by atoms with Crippen molar-refractivity contribution in [2.24, 2.45) is 5.10 Å². The third-order valence-electron chi connectivity index (χ3n) is 5.02. The predicted octanol–water partition coefficient (Wildman–Crippen LogP) is 2.49. The fourth-order valence-corrected chi connectivity index (χ4v) is 3.33. The zero-order valence-corrected chi connectivity index (χ0v) is 18.2. The minimum atomic E-state index is -0.349. The quantitative estimate of drug-likeness (QED) is 0.344. The van der Waals surface area contributed by atoms with Gasteiger partial charge < -0.3 is 20.7 Å². The Labute approximate surface area is 185 Å². The topological polar surface area (TPSA) is 111 Å². The second-order valence-electron chi connectivity index (χ2n) is 7.44. The number of amides is 1. The molecule has 2 aromatic heterocycles. The molecule has 0 aliphatic heterocycles. The first-order chi connectivity index (χ1) is 15.5. The maximum atomic E-state index is 12.9. The lowest BCUT2D eigenvalue weighted by atomic mass is 10.2. The molecule has 0 saturated heterocycles. The molecule has 0 aliphatic rings. The Hall–Kier alpha value is -3.98. The van der Waals surface area contributed by atoms with E-state index in [-0.39, 0.29) is 17.3 Å². The van der Waals surface area contributed by atoms with Crippen LogP contribution in [-0.2, 0) is 4.74 Å². The summed E-state index contributed by atoms with van der Waals surface area (Å²) in [5.41, 5.74) is 10.8. The maximum Gasteiger partial charge on any atom is 0.257 e. The molecule has 0 spiro atoms. The van der Waals surface area contributed by atoms with E-state index >= 15 is 0 Å². The SMILES string of the molecule is COCCNC(=O)c1c(N)n(N=Cc2ccc(N(C)C)cc2)c2nc3ccccc3nc12. The van der Waals surface area contributed by atoms with Gasteiger partial charge in [0.05, 0.1) is 23.9 Å². The van der Waals surface area contributed by atoms with Crippen LogP contribution in [-0.4, -0.2) is 61.1 Å². The second-order valence-corrected chi connectivity index (χ2v) is 7.44. The molecule has 0 radical (unpaired) electrons. The van der Waals surface area contributed by atoms with E-state index in [0.717, 1.165) is 11.3 Å². The van der Waals surface area contributed by atoms with Crippen molar-refractivity contribution in [3.63, 3.8) is 0 Å². The number of nitrogens with zero attached hydrogens (tertiary/aromatic N) is 5. The van der Waals surface area contributed by atoms with Crippen LogP contribution in [0.2, 0.25) is 0 Å². The Morgan fingerprint density at radius 2 is 1.84 bits per heavy atom. The Morgan fingerprint density at radius 3 is 2.50 bits per heavy atom. The van der Waals surface area contributed by atoms with Crippen LogP contribution in [0, 0.1) is 0 Å². The van der Waals surface area contributed by atoms with Crippen LogP contribution in [0.25, 0.3) is 22.2 Å². The van der Waals surface area contributed by atoms with Crippen molar-refractivity contribution < 1.29 is 9.53 Å². The lowest BCUT2D eigenvalue weighted by molar-refractivity contribution is 0.0939. The zero-order valence-electron chi connectivity index (χ0n) is 18.2. The molecule has 0 unspecified atom stereocenters. The summed E-state index contributed by atoms with van der Waals surface area (Å²) in [6, 6.07) is 15.4. The van der Waals surface area contributed by atoms with Gasteiger partial charge in [-0.25, -0.2) is 9.97 Å². The van der Waals surface area contributed by atoms with Gasteiger partial charge in [0, 0.05) is 33.4 Å². The normalized spacial score (nSPS) is 11.5. The Morgan fingerprint density at radius 1 is 1.16 bits per heavy atom. The van der Waals surface area contributed by atoms with Crippen LogP contribution in [0.3, 0.4) is 0 Å². The van der Waals surface area contributed by atoms with E-state index in [1.54, 1.807) is 13.3 Å². The molecule has 2 heterocycles. The van der Waals surface area contributed by atoms with Crippen LogP contribution < -0.4 is 16.0 Å². The van der Waals surface area contributed by atoms with Crippen molar-refractivity contribution in [2.45, 2.75) is 0 Å². The van der Waals surface area contributed by atoms with Gasteiger partial charge in [0.1, 0.15) is 16.9 Å². The molecular weight excluding hydrogens is 406 g/mol. The number of para-hydroxylation sites is 2. The monoisotopic (exact) mass is 431 g/mol. The van der Waals surface area contributed by atoms with Gasteiger partial charge in [-0.3, -0.25) is 4.79 Å². The number of nitrogens with one attached hydrogen (secondary N) is 1. The van der Waals surface area contributed by atoms with Crippen LogP contribution in [0.1, 0.15) is 15.9 Å². The van der Waals surface area contributed by atoms with Gasteiger partial charge in [-0.15, -0.1) is 0 Å². The Bertz CT molecular complexity index is 1290. The summed E-state index contributed by atoms with van der Waals surface area (Å²) >= 11 is 0.